The molecule has 4 rings (SSSR count). The van der Waals surface area contributed by atoms with Crippen molar-refractivity contribution in [1.29, 1.82) is 0 Å². The van der Waals surface area contributed by atoms with Gasteiger partial charge in [-0.25, -0.2) is 8.78 Å². The molecule has 160 valence electrons. The maximum Gasteiger partial charge on any atom is 0.178 e. The highest BCUT2D eigenvalue weighted by atomic mass is 19.1. The van der Waals surface area contributed by atoms with E-state index in [0.29, 0.717) is 19.4 Å². The van der Waals surface area contributed by atoms with Crippen LogP contribution in [0.2, 0.25) is 0 Å². The number of ketones is 2. The van der Waals surface area contributed by atoms with Crippen LogP contribution in [0.5, 0.6) is 0 Å². The lowest BCUT2D eigenvalue weighted by atomic mass is 9.45. The van der Waals surface area contributed by atoms with Crippen LogP contribution in [-0.4, -0.2) is 47.8 Å². The Bertz CT molecular complexity index is 792. The molecule has 8 atom stereocenters. The molecule has 4 nitrogen and oxygen atoms in total. The van der Waals surface area contributed by atoms with Crippen LogP contribution in [-0.2, 0) is 14.3 Å². The molecule has 6 heteroatoms. The van der Waals surface area contributed by atoms with Gasteiger partial charge in [0.25, 0.3) is 0 Å². The van der Waals surface area contributed by atoms with E-state index in [4.69, 9.17) is 4.74 Å². The van der Waals surface area contributed by atoms with Gasteiger partial charge in [0.05, 0.1) is 6.10 Å². The monoisotopic (exact) mass is 408 g/mol. The highest BCUT2D eigenvalue weighted by molar-refractivity contribution is 6.01. The van der Waals surface area contributed by atoms with Crippen molar-refractivity contribution >= 4 is 11.6 Å². The summed E-state index contributed by atoms with van der Waals surface area (Å²) in [5, 5.41) is 11.1. The molecule has 0 aromatic rings. The van der Waals surface area contributed by atoms with E-state index in [-0.39, 0.29) is 48.4 Å². The number of Topliss-reactive ketones (excluding diaryl/α,β-unsaturated/α-hetero) is 1. The second kappa shape index (κ2) is 6.81. The van der Waals surface area contributed by atoms with Gasteiger partial charge >= 0.3 is 0 Å². The minimum absolute atomic E-state index is 0.0158. The van der Waals surface area contributed by atoms with E-state index in [1.54, 1.807) is 6.92 Å². The fourth-order valence-corrected chi connectivity index (χ4v) is 7.03. The largest absolute Gasteiger partial charge is 0.390 e. The third-order valence-electron chi connectivity index (χ3n) is 8.46. The number of alkyl halides is 2. The second-order valence-electron chi connectivity index (χ2n) is 9.68. The van der Waals surface area contributed by atoms with E-state index >= 15 is 8.78 Å². The van der Waals surface area contributed by atoms with E-state index in [1.165, 1.54) is 18.2 Å². The van der Waals surface area contributed by atoms with Gasteiger partial charge in [-0.1, -0.05) is 13.0 Å². The highest BCUT2D eigenvalue weighted by Gasteiger charge is 2.72. The summed E-state index contributed by atoms with van der Waals surface area (Å²) in [5.41, 5.74) is -3.88. The second-order valence-corrected chi connectivity index (χ2v) is 9.68. The van der Waals surface area contributed by atoms with Crippen molar-refractivity contribution in [2.45, 2.75) is 64.4 Å². The number of aliphatic hydroxyl groups is 1. The normalized spacial score (nSPS) is 48.6. The van der Waals surface area contributed by atoms with Crippen LogP contribution in [0.4, 0.5) is 8.78 Å². The summed E-state index contributed by atoms with van der Waals surface area (Å²) in [6, 6.07) is 0. The molecule has 0 saturated heterocycles. The van der Waals surface area contributed by atoms with Crippen molar-refractivity contribution in [3.8, 4) is 0 Å². The summed E-state index contributed by atoms with van der Waals surface area (Å²) < 4.78 is 37.4. The van der Waals surface area contributed by atoms with Gasteiger partial charge in [0, 0.05) is 23.9 Å². The van der Waals surface area contributed by atoms with Gasteiger partial charge in [0.15, 0.2) is 17.2 Å². The van der Waals surface area contributed by atoms with Crippen molar-refractivity contribution in [3.05, 3.63) is 23.8 Å². The molecule has 1 unspecified atom stereocenters. The molecule has 0 aliphatic heterocycles. The summed E-state index contributed by atoms with van der Waals surface area (Å²) in [5.74, 6) is -1.59. The first kappa shape index (κ1) is 20.9. The number of allylic oxidation sites excluding steroid dienone is 4. The van der Waals surface area contributed by atoms with Gasteiger partial charge in [-0.3, -0.25) is 9.59 Å². The Balaban J connectivity index is 1.73. The Morgan fingerprint density at radius 2 is 2.03 bits per heavy atom. The van der Waals surface area contributed by atoms with Gasteiger partial charge in [-0.2, -0.15) is 0 Å². The first-order chi connectivity index (χ1) is 13.6. The molecule has 29 heavy (non-hydrogen) atoms. The molecule has 4 aliphatic rings. The lowest BCUT2D eigenvalue weighted by molar-refractivity contribution is -0.202. The summed E-state index contributed by atoms with van der Waals surface area (Å²) in [6.45, 7) is 5.83. The van der Waals surface area contributed by atoms with Gasteiger partial charge in [-0.15, -0.1) is 0 Å². The van der Waals surface area contributed by atoms with Crippen molar-refractivity contribution in [3.63, 3.8) is 0 Å². The number of carbonyl (C=O) groups excluding carboxylic acids is 2. The van der Waals surface area contributed by atoms with E-state index < -0.39 is 34.7 Å². The van der Waals surface area contributed by atoms with Gasteiger partial charge in [0.1, 0.15) is 12.8 Å². The molecule has 0 aromatic heterocycles. The average Bonchev–Trinajstić information content (AvgIpc) is 3.00. The lowest BCUT2D eigenvalue weighted by Crippen LogP contribution is -2.68. The van der Waals surface area contributed by atoms with Crippen molar-refractivity contribution < 1.29 is 28.2 Å². The molecular formula is C23H30F2O4. The quantitative estimate of drug-likeness (QED) is 0.773. The zero-order chi connectivity index (χ0) is 21.2. The molecule has 4 aliphatic carbocycles. The maximum atomic E-state index is 16.8. The molecule has 0 spiro atoms. The molecule has 0 radical (unpaired) electrons. The molecule has 0 bridgehead atoms. The summed E-state index contributed by atoms with van der Waals surface area (Å²) in [7, 11) is 0. The number of carbonyl (C=O) groups is 2. The van der Waals surface area contributed by atoms with Crippen LogP contribution >= 0.6 is 0 Å². The number of fused-ring (bicyclic) bond motifs is 5. The SMILES string of the molecule is CCOCC(=O)[C@H]1CCC2[C@@H]3C[C@H](F)C4=CC(=O)C=C[C@]4(C)[C@@]3(F)[C@@H](O)C[C@@]21C. The van der Waals surface area contributed by atoms with Crippen LogP contribution in [0.1, 0.15) is 46.5 Å². The topological polar surface area (TPSA) is 63.6 Å². The fourth-order valence-electron chi connectivity index (χ4n) is 7.03. The summed E-state index contributed by atoms with van der Waals surface area (Å²) in [4.78, 5) is 24.6. The molecule has 1 N–H and O–H groups in total. The molecule has 3 saturated carbocycles. The van der Waals surface area contributed by atoms with Crippen molar-refractivity contribution in [2.24, 2.45) is 28.6 Å². The Labute approximate surface area is 170 Å². The number of ether oxygens (including phenoxy) is 1. The van der Waals surface area contributed by atoms with Crippen molar-refractivity contribution in [2.75, 3.05) is 13.2 Å². The Morgan fingerprint density at radius 1 is 1.31 bits per heavy atom. The smallest absolute Gasteiger partial charge is 0.178 e. The number of hydrogen-bond acceptors (Lipinski definition) is 4. The van der Waals surface area contributed by atoms with Gasteiger partial charge in [-0.05, 0) is 68.6 Å². The molecular weight excluding hydrogens is 378 g/mol. The Morgan fingerprint density at radius 3 is 2.72 bits per heavy atom. The first-order valence-corrected chi connectivity index (χ1v) is 10.7. The molecule has 0 heterocycles. The first-order valence-electron chi connectivity index (χ1n) is 10.7. The Hall–Kier alpha value is -1.40. The zero-order valence-corrected chi connectivity index (χ0v) is 17.3. The zero-order valence-electron chi connectivity index (χ0n) is 17.3. The molecule has 0 aromatic carbocycles. The van der Waals surface area contributed by atoms with Crippen LogP contribution in [0, 0.1) is 28.6 Å². The predicted octanol–water partition coefficient (Wildman–Crippen LogP) is 3.53. The number of hydrogen-bond donors (Lipinski definition) is 1. The number of rotatable bonds is 4. The average molecular weight is 408 g/mol. The van der Waals surface area contributed by atoms with Crippen molar-refractivity contribution in [1.82, 2.24) is 0 Å². The third-order valence-corrected chi connectivity index (χ3v) is 8.46. The minimum Gasteiger partial charge on any atom is -0.390 e. The van der Waals surface area contributed by atoms with Crippen LogP contribution in [0.15, 0.2) is 23.8 Å². The van der Waals surface area contributed by atoms with E-state index in [2.05, 4.69) is 0 Å². The number of aliphatic hydroxyl groups excluding tert-OH is 1. The van der Waals surface area contributed by atoms with E-state index in [9.17, 15) is 14.7 Å². The maximum absolute atomic E-state index is 16.8. The summed E-state index contributed by atoms with van der Waals surface area (Å²) in [6.07, 6.45) is 2.47. The lowest BCUT2D eigenvalue weighted by Gasteiger charge is -2.62. The minimum atomic E-state index is -2.07. The van der Waals surface area contributed by atoms with E-state index in [0.717, 1.165) is 0 Å². The summed E-state index contributed by atoms with van der Waals surface area (Å²) >= 11 is 0. The third kappa shape index (κ3) is 2.67. The van der Waals surface area contributed by atoms with Crippen LogP contribution in [0.25, 0.3) is 0 Å². The standard InChI is InChI=1S/C23H30F2O4/c1-4-29-12-19(27)15-6-5-14-16-10-18(24)17-9-13(26)7-8-22(17,3)23(16,25)20(28)11-21(14,15)2/h7-9,14-16,18,20,28H,4-6,10-12H2,1-3H3/t14?,15-,16+,18+,20+,21+,22+,23+/m1/s1. The fraction of sp³-hybridized carbons (Fsp3) is 0.739. The van der Waals surface area contributed by atoms with Crippen LogP contribution < -0.4 is 0 Å². The van der Waals surface area contributed by atoms with Crippen LogP contribution in [0.3, 0.4) is 0 Å². The van der Waals surface area contributed by atoms with Gasteiger partial charge < -0.3 is 9.84 Å². The van der Waals surface area contributed by atoms with E-state index in [1.807, 2.05) is 13.8 Å². The Kier molecular flexibility index (Phi) is 4.90. The number of halogens is 2. The predicted molar refractivity (Wildman–Crippen MR) is 104 cm³/mol. The highest BCUT2D eigenvalue weighted by Crippen LogP contribution is 2.69. The van der Waals surface area contributed by atoms with Gasteiger partial charge in [0.2, 0.25) is 0 Å². The molecule has 0 amide bonds. The molecule has 3 fully saturated rings.